The molecule has 5 rings (SSSR count). The fourth-order valence-electron chi connectivity index (χ4n) is 6.89. The van der Waals surface area contributed by atoms with Crippen LogP contribution in [0.25, 0.3) is 0 Å². The van der Waals surface area contributed by atoms with E-state index in [0.717, 1.165) is 77.0 Å². The van der Waals surface area contributed by atoms with Gasteiger partial charge in [-0.3, -0.25) is 9.69 Å². The molecule has 4 nitrogen and oxygen atoms in total. The first-order chi connectivity index (χ1) is 18.8. The van der Waals surface area contributed by atoms with Crippen LogP contribution in [0.2, 0.25) is 0 Å². The monoisotopic (exact) mass is 542 g/mol. The van der Waals surface area contributed by atoms with E-state index in [2.05, 4.69) is 34.1 Å². The summed E-state index contributed by atoms with van der Waals surface area (Å²) in [6.07, 6.45) is 6.29. The van der Waals surface area contributed by atoms with Gasteiger partial charge in [0.25, 0.3) is 5.92 Å². The SMILES string of the molecule is O=C(O)[C@@H](CC1CCC1)N1C[C@H](CN2CCC(CCC(F)(F)c3ccc(F)cc3)CC2)[C@@H](c2ccccc2)C1. The van der Waals surface area contributed by atoms with Gasteiger partial charge in [0.2, 0.25) is 0 Å². The van der Waals surface area contributed by atoms with Gasteiger partial charge in [-0.05, 0) is 74.2 Å². The summed E-state index contributed by atoms with van der Waals surface area (Å²) in [5.41, 5.74) is 1.16. The van der Waals surface area contributed by atoms with Crippen molar-refractivity contribution in [2.24, 2.45) is 17.8 Å². The lowest BCUT2D eigenvalue weighted by atomic mass is 9.80. The molecule has 3 fully saturated rings. The summed E-state index contributed by atoms with van der Waals surface area (Å²) < 4.78 is 42.5. The zero-order valence-electron chi connectivity index (χ0n) is 22.7. The molecule has 1 N–H and O–H groups in total. The Morgan fingerprint density at radius 3 is 2.26 bits per heavy atom. The number of rotatable bonds is 11. The fraction of sp³-hybridized carbons (Fsp3) is 0.594. The van der Waals surface area contributed by atoms with Gasteiger partial charge in [-0.15, -0.1) is 0 Å². The van der Waals surface area contributed by atoms with Crippen molar-refractivity contribution < 1.29 is 23.1 Å². The second-order valence-corrected chi connectivity index (χ2v) is 12.1. The van der Waals surface area contributed by atoms with Crippen LogP contribution < -0.4 is 0 Å². The molecule has 39 heavy (non-hydrogen) atoms. The Bertz CT molecular complexity index is 1070. The van der Waals surface area contributed by atoms with Gasteiger partial charge >= 0.3 is 5.97 Å². The Balaban J connectivity index is 1.16. The van der Waals surface area contributed by atoms with Gasteiger partial charge in [0.05, 0.1) is 0 Å². The maximum atomic E-state index is 14.7. The third kappa shape index (κ3) is 7.04. The summed E-state index contributed by atoms with van der Waals surface area (Å²) in [5, 5.41) is 10.1. The molecular weight excluding hydrogens is 501 g/mol. The molecule has 0 radical (unpaired) electrons. The van der Waals surface area contributed by atoms with E-state index in [1.807, 2.05) is 6.07 Å². The van der Waals surface area contributed by atoms with Gasteiger partial charge in [-0.25, -0.2) is 13.2 Å². The third-order valence-electron chi connectivity index (χ3n) is 9.54. The van der Waals surface area contributed by atoms with Crippen LogP contribution in [-0.4, -0.2) is 59.6 Å². The molecule has 2 aliphatic heterocycles. The maximum Gasteiger partial charge on any atom is 0.320 e. The van der Waals surface area contributed by atoms with E-state index in [4.69, 9.17) is 0 Å². The average molecular weight is 543 g/mol. The molecule has 2 aromatic carbocycles. The van der Waals surface area contributed by atoms with E-state index < -0.39 is 23.8 Å². The molecule has 2 saturated heterocycles. The molecule has 0 spiro atoms. The van der Waals surface area contributed by atoms with Gasteiger partial charge in [0.1, 0.15) is 11.9 Å². The van der Waals surface area contributed by atoms with Gasteiger partial charge in [0.15, 0.2) is 0 Å². The Labute approximate surface area is 230 Å². The maximum absolute atomic E-state index is 14.7. The number of carboxylic acids is 1. The molecule has 0 amide bonds. The van der Waals surface area contributed by atoms with Crippen LogP contribution in [0.3, 0.4) is 0 Å². The predicted molar refractivity (Wildman–Crippen MR) is 146 cm³/mol. The molecule has 2 heterocycles. The number of nitrogens with zero attached hydrogens (tertiary/aromatic N) is 2. The Kier molecular flexibility index (Phi) is 8.97. The molecule has 3 aliphatic rings. The smallest absolute Gasteiger partial charge is 0.320 e. The summed E-state index contributed by atoms with van der Waals surface area (Å²) >= 11 is 0. The van der Waals surface area contributed by atoms with Gasteiger partial charge in [0, 0.05) is 37.5 Å². The highest BCUT2D eigenvalue weighted by Crippen LogP contribution is 2.39. The molecule has 212 valence electrons. The topological polar surface area (TPSA) is 43.8 Å². The number of hydrogen-bond acceptors (Lipinski definition) is 3. The van der Waals surface area contributed by atoms with Crippen LogP contribution in [0.15, 0.2) is 54.6 Å². The number of likely N-dealkylation sites (tertiary alicyclic amines) is 2. The molecule has 0 unspecified atom stereocenters. The number of carboxylic acid groups (broad SMARTS) is 1. The van der Waals surface area contributed by atoms with Gasteiger partial charge < -0.3 is 10.0 Å². The van der Waals surface area contributed by atoms with Gasteiger partial charge in [-0.1, -0.05) is 61.7 Å². The standard InChI is InChI=1S/C32H41F3N2O2/c33-28-11-9-27(10-12-28)32(34,35)16-13-23-14-17-36(18-15-23)20-26-21-37(22-29(26)25-7-2-1-3-8-25)30(31(38)39)19-24-5-4-6-24/h1-3,7-12,23-24,26,29-30H,4-6,13-22H2,(H,38,39)/t26-,29+,30+/m0/s1. The third-order valence-corrected chi connectivity index (χ3v) is 9.54. The van der Waals surface area contributed by atoms with Crippen molar-refractivity contribution in [3.8, 4) is 0 Å². The molecule has 0 bridgehead atoms. The molecule has 2 aromatic rings. The summed E-state index contributed by atoms with van der Waals surface area (Å²) in [7, 11) is 0. The van der Waals surface area contributed by atoms with Crippen molar-refractivity contribution in [3.05, 3.63) is 71.5 Å². The largest absolute Gasteiger partial charge is 0.480 e. The van der Waals surface area contributed by atoms with Crippen molar-refractivity contribution in [3.63, 3.8) is 0 Å². The van der Waals surface area contributed by atoms with Gasteiger partial charge in [-0.2, -0.15) is 0 Å². The number of halogens is 3. The Morgan fingerprint density at radius 1 is 0.949 bits per heavy atom. The van der Waals surface area contributed by atoms with Crippen molar-refractivity contribution in [1.29, 1.82) is 0 Å². The van der Waals surface area contributed by atoms with Crippen molar-refractivity contribution in [2.75, 3.05) is 32.7 Å². The van der Waals surface area contributed by atoms with E-state index in [9.17, 15) is 23.1 Å². The van der Waals surface area contributed by atoms with E-state index >= 15 is 0 Å². The van der Waals surface area contributed by atoms with Crippen LogP contribution in [0.4, 0.5) is 13.2 Å². The number of benzene rings is 2. The number of hydrogen-bond donors (Lipinski definition) is 1. The molecule has 1 aliphatic carbocycles. The zero-order chi connectivity index (χ0) is 27.4. The Morgan fingerprint density at radius 2 is 1.64 bits per heavy atom. The number of alkyl halides is 2. The van der Waals surface area contributed by atoms with E-state index in [1.54, 1.807) is 0 Å². The van der Waals surface area contributed by atoms with E-state index in [-0.39, 0.29) is 17.9 Å². The van der Waals surface area contributed by atoms with E-state index in [0.29, 0.717) is 24.2 Å². The minimum Gasteiger partial charge on any atom is -0.480 e. The second kappa shape index (κ2) is 12.4. The molecular formula is C32H41F3N2O2. The highest BCUT2D eigenvalue weighted by Gasteiger charge is 2.41. The normalized spacial score (nSPS) is 24.5. The summed E-state index contributed by atoms with van der Waals surface area (Å²) in [6.45, 7) is 4.23. The highest BCUT2D eigenvalue weighted by atomic mass is 19.3. The van der Waals surface area contributed by atoms with Crippen LogP contribution >= 0.6 is 0 Å². The Hall–Kier alpha value is -2.38. The first-order valence-electron chi connectivity index (χ1n) is 14.7. The van der Waals surface area contributed by atoms with Crippen LogP contribution in [0.5, 0.6) is 0 Å². The first kappa shape index (κ1) is 28.2. The summed E-state index contributed by atoms with van der Waals surface area (Å²) in [5.74, 6) is -2.71. The van der Waals surface area contributed by atoms with E-state index in [1.165, 1.54) is 24.1 Å². The van der Waals surface area contributed by atoms with Crippen molar-refractivity contribution in [2.45, 2.75) is 69.2 Å². The number of piperidine rings is 1. The second-order valence-electron chi connectivity index (χ2n) is 12.1. The first-order valence-corrected chi connectivity index (χ1v) is 14.7. The highest BCUT2D eigenvalue weighted by molar-refractivity contribution is 5.73. The number of aliphatic carboxylic acids is 1. The quantitative estimate of drug-likeness (QED) is 0.340. The minimum atomic E-state index is -2.94. The lowest BCUT2D eigenvalue weighted by molar-refractivity contribution is -0.144. The molecule has 3 atom stereocenters. The molecule has 1 saturated carbocycles. The minimum absolute atomic E-state index is 0.115. The van der Waals surface area contributed by atoms with Crippen LogP contribution in [0.1, 0.15) is 68.4 Å². The van der Waals surface area contributed by atoms with Crippen LogP contribution in [-0.2, 0) is 10.7 Å². The lowest BCUT2D eigenvalue weighted by Crippen LogP contribution is -2.43. The summed E-state index contributed by atoms with van der Waals surface area (Å²) in [4.78, 5) is 16.9. The zero-order valence-corrected chi connectivity index (χ0v) is 22.7. The average Bonchev–Trinajstić information content (AvgIpc) is 3.31. The van der Waals surface area contributed by atoms with Crippen molar-refractivity contribution in [1.82, 2.24) is 9.80 Å². The molecule has 0 aromatic heterocycles. The summed E-state index contributed by atoms with van der Waals surface area (Å²) in [6, 6.07) is 14.6. The lowest BCUT2D eigenvalue weighted by Gasteiger charge is -2.35. The molecule has 7 heteroatoms. The van der Waals surface area contributed by atoms with Crippen molar-refractivity contribution >= 4 is 5.97 Å². The van der Waals surface area contributed by atoms with Crippen LogP contribution in [0, 0.1) is 23.6 Å². The number of carbonyl (C=O) groups is 1. The fourth-order valence-corrected chi connectivity index (χ4v) is 6.89. The predicted octanol–water partition coefficient (Wildman–Crippen LogP) is 6.77.